The summed E-state index contributed by atoms with van der Waals surface area (Å²) in [4.78, 5) is 34.7. The fourth-order valence-electron chi connectivity index (χ4n) is 5.62. The number of nitrogens with one attached hydrogen (secondary N) is 2. The van der Waals surface area contributed by atoms with Crippen molar-refractivity contribution >= 4 is 28.6 Å². The zero-order valence-electron chi connectivity index (χ0n) is 18.5. The molecule has 0 bridgehead atoms. The van der Waals surface area contributed by atoms with E-state index in [2.05, 4.69) is 29.0 Å². The zero-order chi connectivity index (χ0) is 22.4. The fraction of sp³-hybridized carbons (Fsp3) is 0.440. The zero-order valence-corrected chi connectivity index (χ0v) is 18.5. The number of amides is 2. The molecule has 1 aromatic carbocycles. The highest BCUT2D eigenvalue weighted by Gasteiger charge is 2.43. The minimum Gasteiger partial charge on any atom is -0.361 e. The summed E-state index contributed by atoms with van der Waals surface area (Å²) in [5, 5.41) is 2.80. The van der Waals surface area contributed by atoms with E-state index >= 15 is 0 Å². The van der Waals surface area contributed by atoms with Crippen molar-refractivity contribution < 1.29 is 14.0 Å². The van der Waals surface area contributed by atoms with Gasteiger partial charge in [-0.15, -0.1) is 0 Å². The van der Waals surface area contributed by atoms with Crippen molar-refractivity contribution in [1.29, 1.82) is 0 Å². The first-order valence-corrected chi connectivity index (χ1v) is 11.5. The molecule has 32 heavy (non-hydrogen) atoms. The lowest BCUT2D eigenvalue weighted by atomic mass is 9.96. The Bertz CT molecular complexity index is 1070. The van der Waals surface area contributed by atoms with Gasteiger partial charge in [-0.05, 0) is 75.5 Å². The van der Waals surface area contributed by atoms with E-state index in [1.54, 1.807) is 24.4 Å². The summed E-state index contributed by atoms with van der Waals surface area (Å²) >= 11 is 0. The first-order valence-electron chi connectivity index (χ1n) is 11.5. The van der Waals surface area contributed by atoms with E-state index < -0.39 is 5.82 Å². The highest BCUT2D eigenvalue weighted by atomic mass is 19.1. The second-order valence-corrected chi connectivity index (χ2v) is 9.33. The summed E-state index contributed by atoms with van der Waals surface area (Å²) in [5.74, 6) is -0.618. The van der Waals surface area contributed by atoms with Gasteiger partial charge in [-0.3, -0.25) is 9.59 Å². The lowest BCUT2D eigenvalue weighted by molar-refractivity contribution is -0.128. The molecule has 2 aromatic rings. The number of halogens is 1. The van der Waals surface area contributed by atoms with Crippen molar-refractivity contribution in [3.8, 4) is 0 Å². The lowest BCUT2D eigenvalue weighted by Gasteiger charge is -2.33. The molecule has 2 N–H and O–H groups in total. The van der Waals surface area contributed by atoms with E-state index in [-0.39, 0.29) is 29.5 Å². The van der Waals surface area contributed by atoms with Crippen LogP contribution >= 0.6 is 0 Å². The first kappa shape index (κ1) is 20.9. The van der Waals surface area contributed by atoms with Crippen LogP contribution in [-0.2, 0) is 9.59 Å². The third kappa shape index (κ3) is 3.54. The standard InChI is InChI=1S/C25H29FN4O2/c1-15-12-16(2)30(21(15)14-29-10-3-4-11-29)25(32)23(20-6-5-9-27-20)22-18-13-17(26)7-8-19(18)28-24(22)31/h5-9,13,15-16,21,27H,3-4,10-12,14H2,1-2H3,(H,28,31)/b23-22-/t15?,16?,21-/m1/s1. The molecule has 5 rings (SSSR count). The molecule has 0 spiro atoms. The molecule has 0 aliphatic carbocycles. The van der Waals surface area contributed by atoms with E-state index in [0.29, 0.717) is 28.4 Å². The molecule has 0 saturated carbocycles. The normalized spacial score (nSPS) is 27.0. The third-order valence-corrected chi connectivity index (χ3v) is 7.14. The second-order valence-electron chi connectivity index (χ2n) is 9.33. The molecule has 4 heterocycles. The Morgan fingerprint density at radius 2 is 1.97 bits per heavy atom. The minimum absolute atomic E-state index is 0.0621. The van der Waals surface area contributed by atoms with Crippen LogP contribution in [0.4, 0.5) is 10.1 Å². The molecule has 3 aliphatic rings. The Balaban J connectivity index is 1.60. The molecule has 6 nitrogen and oxygen atoms in total. The van der Waals surface area contributed by atoms with Gasteiger partial charge in [-0.25, -0.2) is 4.39 Å². The maximum Gasteiger partial charge on any atom is 0.257 e. The lowest BCUT2D eigenvalue weighted by Crippen LogP contribution is -2.47. The van der Waals surface area contributed by atoms with Crippen LogP contribution in [-0.4, -0.2) is 58.3 Å². The maximum atomic E-state index is 14.2. The van der Waals surface area contributed by atoms with Crippen LogP contribution in [0.3, 0.4) is 0 Å². The van der Waals surface area contributed by atoms with Gasteiger partial charge in [0.25, 0.3) is 11.8 Å². The minimum atomic E-state index is -0.439. The predicted octanol–water partition coefficient (Wildman–Crippen LogP) is 3.74. The number of rotatable bonds is 4. The van der Waals surface area contributed by atoms with E-state index in [9.17, 15) is 14.0 Å². The Hall–Kier alpha value is -2.93. The number of anilines is 1. The number of fused-ring (bicyclic) bond motifs is 1. The van der Waals surface area contributed by atoms with Crippen molar-refractivity contribution in [3.63, 3.8) is 0 Å². The number of benzene rings is 1. The Morgan fingerprint density at radius 3 is 2.69 bits per heavy atom. The highest BCUT2D eigenvalue weighted by molar-refractivity contribution is 6.45. The molecule has 1 aromatic heterocycles. The molecular weight excluding hydrogens is 407 g/mol. The number of carbonyl (C=O) groups is 2. The molecular formula is C25H29FN4O2. The van der Waals surface area contributed by atoms with Gasteiger partial charge in [0.2, 0.25) is 0 Å². The Labute approximate surface area is 187 Å². The van der Waals surface area contributed by atoms with Gasteiger partial charge < -0.3 is 20.1 Å². The average molecular weight is 437 g/mol. The van der Waals surface area contributed by atoms with Gasteiger partial charge in [0.05, 0.1) is 16.8 Å². The van der Waals surface area contributed by atoms with Crippen LogP contribution in [0.15, 0.2) is 36.5 Å². The quantitative estimate of drug-likeness (QED) is 0.718. The van der Waals surface area contributed by atoms with Gasteiger partial charge in [0, 0.05) is 36.1 Å². The number of nitrogens with zero attached hydrogens (tertiary/aromatic N) is 2. The number of likely N-dealkylation sites (tertiary alicyclic amines) is 2. The van der Waals surface area contributed by atoms with Crippen LogP contribution in [0.5, 0.6) is 0 Å². The number of aromatic amines is 1. The number of carbonyl (C=O) groups excluding carboxylic acids is 2. The summed E-state index contributed by atoms with van der Waals surface area (Å²) < 4.78 is 14.1. The monoisotopic (exact) mass is 436 g/mol. The van der Waals surface area contributed by atoms with E-state index in [4.69, 9.17) is 0 Å². The van der Waals surface area contributed by atoms with Crippen molar-refractivity contribution in [3.05, 3.63) is 53.6 Å². The largest absolute Gasteiger partial charge is 0.361 e. The van der Waals surface area contributed by atoms with Crippen molar-refractivity contribution in [2.45, 2.75) is 45.2 Å². The summed E-state index contributed by atoms with van der Waals surface area (Å²) in [5.41, 5.74) is 2.08. The van der Waals surface area contributed by atoms with Crippen LogP contribution in [0.25, 0.3) is 11.1 Å². The Kier molecular flexibility index (Phi) is 5.37. The molecule has 2 amide bonds. The van der Waals surface area contributed by atoms with Crippen LogP contribution in [0.1, 0.15) is 44.4 Å². The SMILES string of the molecule is CC1CC(C)N(C(=O)/C(=C2\C(=O)Nc3ccc(F)cc32)c2ccc[nH]2)[C@@H]1CN1CCCC1. The predicted molar refractivity (Wildman–Crippen MR) is 122 cm³/mol. The van der Waals surface area contributed by atoms with E-state index in [1.807, 2.05) is 4.90 Å². The molecule has 3 atom stereocenters. The average Bonchev–Trinajstić information content (AvgIpc) is 3.53. The van der Waals surface area contributed by atoms with Crippen molar-refractivity contribution in [2.75, 3.05) is 25.0 Å². The molecule has 3 aliphatic heterocycles. The van der Waals surface area contributed by atoms with E-state index in [0.717, 1.165) is 26.1 Å². The summed E-state index contributed by atoms with van der Waals surface area (Å²) in [6.07, 6.45) is 5.06. The molecule has 0 radical (unpaired) electrons. The molecule has 7 heteroatoms. The fourth-order valence-corrected chi connectivity index (χ4v) is 5.62. The van der Waals surface area contributed by atoms with Crippen LogP contribution in [0.2, 0.25) is 0 Å². The van der Waals surface area contributed by atoms with Gasteiger partial charge in [0.1, 0.15) is 5.82 Å². The molecule has 2 unspecified atom stereocenters. The highest BCUT2D eigenvalue weighted by Crippen LogP contribution is 2.40. The summed E-state index contributed by atoms with van der Waals surface area (Å²) in [7, 11) is 0. The van der Waals surface area contributed by atoms with Gasteiger partial charge in [0.15, 0.2) is 0 Å². The maximum absolute atomic E-state index is 14.2. The number of aromatic nitrogens is 1. The van der Waals surface area contributed by atoms with Gasteiger partial charge in [-0.2, -0.15) is 0 Å². The topological polar surface area (TPSA) is 68.4 Å². The molecule has 2 saturated heterocycles. The second kappa shape index (κ2) is 8.20. The molecule has 2 fully saturated rings. The third-order valence-electron chi connectivity index (χ3n) is 7.14. The van der Waals surface area contributed by atoms with Crippen LogP contribution < -0.4 is 5.32 Å². The Morgan fingerprint density at radius 1 is 1.19 bits per heavy atom. The molecule has 168 valence electrons. The van der Waals surface area contributed by atoms with Gasteiger partial charge >= 0.3 is 0 Å². The summed E-state index contributed by atoms with van der Waals surface area (Å²) in [6, 6.07) is 7.93. The van der Waals surface area contributed by atoms with Crippen LogP contribution in [0, 0.1) is 11.7 Å². The van der Waals surface area contributed by atoms with Crippen molar-refractivity contribution in [2.24, 2.45) is 5.92 Å². The number of H-pyrrole nitrogens is 1. The number of hydrogen-bond donors (Lipinski definition) is 2. The first-order chi connectivity index (χ1) is 15.4. The smallest absolute Gasteiger partial charge is 0.257 e. The summed E-state index contributed by atoms with van der Waals surface area (Å²) in [6.45, 7) is 7.27. The van der Waals surface area contributed by atoms with Crippen molar-refractivity contribution in [1.82, 2.24) is 14.8 Å². The van der Waals surface area contributed by atoms with Gasteiger partial charge in [-0.1, -0.05) is 6.92 Å². The number of hydrogen-bond acceptors (Lipinski definition) is 3. The van der Waals surface area contributed by atoms with E-state index in [1.165, 1.54) is 25.0 Å².